The highest BCUT2D eigenvalue weighted by molar-refractivity contribution is 7.98. The fourth-order valence-electron chi connectivity index (χ4n) is 3.74. The summed E-state index contributed by atoms with van der Waals surface area (Å²) in [7, 11) is 0. The van der Waals surface area contributed by atoms with Crippen molar-refractivity contribution >= 4 is 29.1 Å². The van der Waals surface area contributed by atoms with Gasteiger partial charge in [0, 0.05) is 28.8 Å². The lowest BCUT2D eigenvalue weighted by molar-refractivity contribution is 0.0982. The van der Waals surface area contributed by atoms with Crippen LogP contribution in [0.4, 0.5) is 4.39 Å². The summed E-state index contributed by atoms with van der Waals surface area (Å²) in [4.78, 5) is 18.1. The average molecular weight is 455 g/mol. The number of pyridine rings is 1. The number of thioether (sulfide) groups is 1. The number of carbonyl (C=O) groups is 1. The van der Waals surface area contributed by atoms with Gasteiger partial charge in [-0.15, -0.1) is 11.8 Å². The Labute approximate surface area is 191 Å². The molecule has 0 atom stereocenters. The van der Waals surface area contributed by atoms with E-state index in [2.05, 4.69) is 16.4 Å². The second kappa shape index (κ2) is 10.4. The lowest BCUT2D eigenvalue weighted by atomic mass is 10.0. The number of nitrogens with one attached hydrogen (secondary N) is 1. The van der Waals surface area contributed by atoms with Crippen LogP contribution in [0.5, 0.6) is 0 Å². The molecule has 0 fully saturated rings. The summed E-state index contributed by atoms with van der Waals surface area (Å²) in [6.07, 6.45) is 4.62. The minimum absolute atomic E-state index is 0.0416. The minimum Gasteiger partial charge on any atom is -0.316 e. The molecule has 0 amide bonds. The summed E-state index contributed by atoms with van der Waals surface area (Å²) in [6.45, 7) is 1.96. The van der Waals surface area contributed by atoms with Crippen LogP contribution in [0.25, 0.3) is 0 Å². The van der Waals surface area contributed by atoms with Gasteiger partial charge < -0.3 is 5.32 Å². The molecule has 4 rings (SSSR count). The van der Waals surface area contributed by atoms with E-state index in [0.29, 0.717) is 24.2 Å². The van der Waals surface area contributed by atoms with E-state index in [4.69, 9.17) is 11.6 Å². The van der Waals surface area contributed by atoms with Gasteiger partial charge >= 0.3 is 0 Å². The topological polar surface area (TPSA) is 42.0 Å². The molecule has 0 bridgehead atoms. The molecule has 6 heteroatoms. The van der Waals surface area contributed by atoms with Crippen LogP contribution in [0.3, 0.4) is 0 Å². The predicted molar refractivity (Wildman–Crippen MR) is 125 cm³/mol. The van der Waals surface area contributed by atoms with E-state index in [1.807, 2.05) is 18.2 Å². The van der Waals surface area contributed by atoms with Crippen molar-refractivity contribution in [2.75, 3.05) is 13.1 Å². The first kappa shape index (κ1) is 22.0. The second-order valence-corrected chi connectivity index (χ2v) is 9.03. The maximum atomic E-state index is 13.0. The van der Waals surface area contributed by atoms with Gasteiger partial charge in [-0.1, -0.05) is 29.8 Å². The van der Waals surface area contributed by atoms with E-state index in [9.17, 15) is 9.18 Å². The number of nitrogens with zero attached hydrogens (tertiary/aromatic N) is 1. The van der Waals surface area contributed by atoms with E-state index in [1.165, 1.54) is 23.3 Å². The van der Waals surface area contributed by atoms with Gasteiger partial charge in [-0.2, -0.15) is 0 Å². The standard InChI is InChI=1S/C25H24ClFN2OS/c26-23-9-5-18-11-13-28-14-12-22(18)25(23)31-16-21-8-4-19(15-29-21)24(30)10-3-17-1-6-20(27)7-2-17/h1-2,4-9,15,28H,3,10-14,16H2. The summed E-state index contributed by atoms with van der Waals surface area (Å²) in [5.74, 6) is 0.477. The number of ketones is 1. The highest BCUT2D eigenvalue weighted by atomic mass is 35.5. The van der Waals surface area contributed by atoms with Crippen LogP contribution < -0.4 is 5.32 Å². The van der Waals surface area contributed by atoms with Gasteiger partial charge in [-0.25, -0.2) is 4.39 Å². The zero-order valence-electron chi connectivity index (χ0n) is 17.2. The number of fused-ring (bicyclic) bond motifs is 1. The molecule has 3 nitrogen and oxygen atoms in total. The summed E-state index contributed by atoms with van der Waals surface area (Å²) in [5, 5.41) is 4.23. The number of halogens is 2. The van der Waals surface area contributed by atoms with Crippen molar-refractivity contribution in [3.05, 3.63) is 93.5 Å². The molecule has 2 heterocycles. The first-order valence-corrected chi connectivity index (χ1v) is 11.8. The molecule has 3 aromatic rings. The van der Waals surface area contributed by atoms with Gasteiger partial charge in [0.2, 0.25) is 0 Å². The molecule has 31 heavy (non-hydrogen) atoms. The van der Waals surface area contributed by atoms with Crippen LogP contribution >= 0.6 is 23.4 Å². The van der Waals surface area contributed by atoms with Crippen molar-refractivity contribution in [1.29, 1.82) is 0 Å². The fourth-order valence-corrected chi connectivity index (χ4v) is 5.16. The number of Topliss-reactive ketones (excluding diaryl/α,β-unsaturated/α-hetero) is 1. The van der Waals surface area contributed by atoms with E-state index in [0.717, 1.165) is 47.1 Å². The molecule has 160 valence electrons. The molecule has 0 saturated heterocycles. The first-order chi connectivity index (χ1) is 15.1. The zero-order valence-corrected chi connectivity index (χ0v) is 18.7. The second-order valence-electron chi connectivity index (χ2n) is 7.64. The molecule has 0 saturated carbocycles. The Hall–Kier alpha value is -2.21. The number of benzene rings is 2. The van der Waals surface area contributed by atoms with Crippen LogP contribution in [0.15, 0.2) is 59.6 Å². The maximum Gasteiger partial charge on any atom is 0.164 e. The molecule has 1 aliphatic rings. The molecule has 0 aliphatic carbocycles. The van der Waals surface area contributed by atoms with Gasteiger partial charge in [-0.05, 0) is 79.4 Å². The van der Waals surface area contributed by atoms with Crippen LogP contribution in [-0.4, -0.2) is 23.9 Å². The summed E-state index contributed by atoms with van der Waals surface area (Å²) < 4.78 is 13.0. The first-order valence-electron chi connectivity index (χ1n) is 10.5. The number of aromatic nitrogens is 1. The van der Waals surface area contributed by atoms with Crippen LogP contribution in [0.2, 0.25) is 5.02 Å². The van der Waals surface area contributed by atoms with Crippen molar-refractivity contribution in [2.24, 2.45) is 0 Å². The number of hydrogen-bond acceptors (Lipinski definition) is 4. The minimum atomic E-state index is -0.266. The Balaban J connectivity index is 1.37. The van der Waals surface area contributed by atoms with Gasteiger partial charge in [0.15, 0.2) is 5.78 Å². The molecule has 0 spiro atoms. The third-order valence-corrected chi connectivity index (χ3v) is 7.12. The Morgan fingerprint density at radius 2 is 1.87 bits per heavy atom. The van der Waals surface area contributed by atoms with E-state index < -0.39 is 0 Å². The molecule has 2 aromatic carbocycles. The zero-order chi connectivity index (χ0) is 21.6. The highest BCUT2D eigenvalue weighted by Crippen LogP contribution is 2.35. The third kappa shape index (κ3) is 5.73. The third-order valence-electron chi connectivity index (χ3n) is 5.50. The summed E-state index contributed by atoms with van der Waals surface area (Å²) in [5.41, 5.74) is 5.18. The SMILES string of the molecule is O=C(CCc1ccc(F)cc1)c1ccc(CSc2c(Cl)ccc3c2CCNCC3)nc1. The van der Waals surface area contributed by atoms with Crippen molar-refractivity contribution in [2.45, 2.75) is 36.3 Å². The Morgan fingerprint density at radius 3 is 2.65 bits per heavy atom. The van der Waals surface area contributed by atoms with Crippen LogP contribution in [0.1, 0.15) is 39.2 Å². The Bertz CT molecular complexity index is 1050. The number of rotatable bonds is 7. The quantitative estimate of drug-likeness (QED) is 0.369. The van der Waals surface area contributed by atoms with Crippen molar-refractivity contribution in [3.63, 3.8) is 0 Å². The predicted octanol–water partition coefficient (Wildman–Crippen LogP) is 5.67. The number of carbonyl (C=O) groups excluding carboxylic acids is 1. The average Bonchev–Trinajstić information content (AvgIpc) is 3.04. The van der Waals surface area contributed by atoms with Gasteiger partial charge in [0.1, 0.15) is 5.82 Å². The van der Waals surface area contributed by atoms with E-state index in [-0.39, 0.29) is 11.6 Å². The normalized spacial score (nSPS) is 13.5. The van der Waals surface area contributed by atoms with Crippen LogP contribution in [-0.2, 0) is 25.0 Å². The van der Waals surface area contributed by atoms with E-state index >= 15 is 0 Å². The van der Waals surface area contributed by atoms with Crippen molar-refractivity contribution < 1.29 is 9.18 Å². The van der Waals surface area contributed by atoms with Gasteiger partial charge in [0.05, 0.1) is 10.7 Å². The Morgan fingerprint density at radius 1 is 1.06 bits per heavy atom. The maximum absolute atomic E-state index is 13.0. The number of aryl methyl sites for hydroxylation is 1. The lowest BCUT2D eigenvalue weighted by Gasteiger charge is -2.13. The Kier molecular flexibility index (Phi) is 7.38. The largest absolute Gasteiger partial charge is 0.316 e. The molecular weight excluding hydrogens is 431 g/mol. The molecular formula is C25H24ClFN2OS. The monoisotopic (exact) mass is 454 g/mol. The van der Waals surface area contributed by atoms with Crippen molar-refractivity contribution in [3.8, 4) is 0 Å². The molecule has 1 aliphatic heterocycles. The molecule has 1 N–H and O–H groups in total. The van der Waals surface area contributed by atoms with Gasteiger partial charge in [0.25, 0.3) is 0 Å². The number of hydrogen-bond donors (Lipinski definition) is 1. The molecule has 0 radical (unpaired) electrons. The highest BCUT2D eigenvalue weighted by Gasteiger charge is 2.16. The smallest absolute Gasteiger partial charge is 0.164 e. The fraction of sp³-hybridized carbons (Fsp3) is 0.280. The van der Waals surface area contributed by atoms with Gasteiger partial charge in [-0.3, -0.25) is 9.78 Å². The molecule has 1 aromatic heterocycles. The van der Waals surface area contributed by atoms with Crippen LogP contribution in [0, 0.1) is 5.82 Å². The summed E-state index contributed by atoms with van der Waals surface area (Å²) >= 11 is 8.22. The van der Waals surface area contributed by atoms with Crippen molar-refractivity contribution in [1.82, 2.24) is 10.3 Å². The van der Waals surface area contributed by atoms with E-state index in [1.54, 1.807) is 30.1 Å². The summed E-state index contributed by atoms with van der Waals surface area (Å²) in [6, 6.07) is 14.1. The molecule has 0 unspecified atom stereocenters. The lowest BCUT2D eigenvalue weighted by Crippen LogP contribution is -2.16.